The van der Waals surface area contributed by atoms with E-state index in [1.807, 2.05) is 35.7 Å². The minimum absolute atomic E-state index is 0.0429. The van der Waals surface area contributed by atoms with Crippen LogP contribution >= 0.6 is 35.3 Å². The van der Waals surface area contributed by atoms with E-state index in [0.717, 1.165) is 47.9 Å². The summed E-state index contributed by atoms with van der Waals surface area (Å²) in [6, 6.07) is 19.9. The zero-order chi connectivity index (χ0) is 27.0. The second-order valence-corrected chi connectivity index (χ2v) is 10.4. The fraction of sp³-hybridized carbons (Fsp3) is 0.400. The Hall–Kier alpha value is -2.18. The Bertz CT molecular complexity index is 800. The van der Waals surface area contributed by atoms with Gasteiger partial charge >= 0.3 is 11.9 Å². The van der Waals surface area contributed by atoms with E-state index in [0.29, 0.717) is 0 Å². The number of aliphatic carboxylic acids is 2. The van der Waals surface area contributed by atoms with Crippen molar-refractivity contribution in [1.29, 1.82) is 0 Å². The van der Waals surface area contributed by atoms with Crippen molar-refractivity contribution in [2.45, 2.75) is 24.5 Å². The molecule has 0 heterocycles. The lowest BCUT2D eigenvalue weighted by Crippen LogP contribution is -2.41. The van der Waals surface area contributed by atoms with Crippen LogP contribution in [0.15, 0.2) is 60.7 Å². The fourth-order valence-corrected chi connectivity index (χ4v) is 4.61. The second kappa shape index (κ2) is 23.2. The zero-order valence-electron chi connectivity index (χ0n) is 20.5. The Balaban J connectivity index is 0.000000515. The van der Waals surface area contributed by atoms with E-state index >= 15 is 0 Å². The Morgan fingerprint density at radius 2 is 1.25 bits per heavy atom. The lowest BCUT2D eigenvalue weighted by atomic mass is 10.2. The van der Waals surface area contributed by atoms with Gasteiger partial charge in [0, 0.05) is 48.8 Å². The summed E-state index contributed by atoms with van der Waals surface area (Å²) in [5, 5.41) is 19.1. The summed E-state index contributed by atoms with van der Waals surface area (Å²) in [6.07, 6.45) is 0. The molecule has 0 fully saturated rings. The molecule has 0 saturated heterocycles. The van der Waals surface area contributed by atoms with Crippen LogP contribution in [-0.2, 0) is 25.9 Å². The molecule has 0 bridgehead atoms. The predicted octanol–water partition coefficient (Wildman–Crippen LogP) is 3.15. The van der Waals surface area contributed by atoms with Crippen LogP contribution in [0.4, 0.5) is 0 Å². The maximum atomic E-state index is 10.6. The number of rotatable bonds is 14. The van der Waals surface area contributed by atoms with Gasteiger partial charge in [0.25, 0.3) is 0 Å². The molecule has 0 aromatic heterocycles. The molecule has 8 nitrogen and oxygen atoms in total. The number of hydrogen-bond acceptors (Lipinski definition) is 8. The molecule has 0 radical (unpaired) electrons. The number of benzene rings is 2. The highest BCUT2D eigenvalue weighted by Crippen LogP contribution is 2.10. The molecule has 2 aromatic rings. The summed E-state index contributed by atoms with van der Waals surface area (Å²) < 4.78 is 0. The molecular weight excluding hydrogens is 518 g/mol. The average molecular weight is 556 g/mol. The normalized spacial score (nSPS) is 10.6. The highest BCUT2D eigenvalue weighted by atomic mass is 32.2. The molecule has 0 aliphatic carbocycles. The van der Waals surface area contributed by atoms with E-state index in [4.69, 9.17) is 21.7 Å². The third-order valence-electron chi connectivity index (χ3n) is 3.93. The topological polar surface area (TPSA) is 156 Å². The smallest absolute Gasteiger partial charge is 0.327 e. The highest BCUT2D eigenvalue weighted by molar-refractivity contribution is 8.00. The van der Waals surface area contributed by atoms with Gasteiger partial charge in [-0.05, 0) is 11.1 Å². The molecule has 2 rings (SSSR count). The van der Waals surface area contributed by atoms with Crippen molar-refractivity contribution < 1.29 is 24.6 Å². The van der Waals surface area contributed by atoms with Gasteiger partial charge in [0.2, 0.25) is 5.91 Å². The van der Waals surface area contributed by atoms with Crippen LogP contribution in [-0.4, -0.2) is 70.2 Å². The van der Waals surface area contributed by atoms with Gasteiger partial charge < -0.3 is 27.0 Å². The van der Waals surface area contributed by atoms with E-state index in [9.17, 15) is 14.4 Å². The first-order valence-electron chi connectivity index (χ1n) is 11.2. The van der Waals surface area contributed by atoms with Crippen molar-refractivity contribution in [1.82, 2.24) is 5.32 Å². The Morgan fingerprint density at radius 1 is 0.806 bits per heavy atom. The van der Waals surface area contributed by atoms with E-state index < -0.39 is 23.9 Å². The molecule has 0 spiro atoms. The molecule has 1 atom stereocenters. The summed E-state index contributed by atoms with van der Waals surface area (Å²) in [5.74, 6) is 1.50. The van der Waals surface area contributed by atoms with Crippen LogP contribution < -0.4 is 16.8 Å². The Morgan fingerprint density at radius 3 is 1.58 bits per heavy atom. The summed E-state index contributed by atoms with van der Waals surface area (Å²) in [5.41, 5.74) is 13.5. The minimum Gasteiger partial charge on any atom is -0.481 e. The maximum Gasteiger partial charge on any atom is 0.327 e. The molecule has 11 heteroatoms. The average Bonchev–Trinajstić information content (AvgIpc) is 2.85. The van der Waals surface area contributed by atoms with Crippen molar-refractivity contribution in [3.8, 4) is 0 Å². The first-order chi connectivity index (χ1) is 17.3. The fourth-order valence-electron chi connectivity index (χ4n) is 2.38. The van der Waals surface area contributed by atoms with E-state index in [2.05, 4.69) is 53.8 Å². The van der Waals surface area contributed by atoms with Crippen molar-refractivity contribution in [3.63, 3.8) is 0 Å². The van der Waals surface area contributed by atoms with Crippen molar-refractivity contribution in [2.24, 2.45) is 11.5 Å². The standard InChI is InChI=1S/2C9H13NS.C7H11NO5S/c2*10-6-7-11-8-9-4-2-1-3-5-9;1-4(9)8-5(7(12)13)2-14-3-6(10)11/h2*1-5H,6-8,10H2;5H,2-3H2,1H3,(H,8,9)(H,10,11)(H,12,13). The number of hydrogen-bond donors (Lipinski definition) is 5. The van der Waals surface area contributed by atoms with Gasteiger partial charge in [-0.2, -0.15) is 23.5 Å². The number of carbonyl (C=O) groups excluding carboxylic acids is 1. The molecule has 2 aromatic carbocycles. The Labute approximate surface area is 226 Å². The van der Waals surface area contributed by atoms with Crippen molar-refractivity contribution >= 4 is 53.1 Å². The van der Waals surface area contributed by atoms with Crippen molar-refractivity contribution in [2.75, 3.05) is 36.1 Å². The quantitative estimate of drug-likeness (QED) is 0.219. The molecule has 1 amide bonds. The molecule has 0 aliphatic rings. The minimum atomic E-state index is -1.17. The number of nitrogens with two attached hydrogens (primary N) is 2. The Kier molecular flexibility index (Phi) is 21.8. The highest BCUT2D eigenvalue weighted by Gasteiger charge is 2.18. The van der Waals surface area contributed by atoms with Crippen LogP contribution in [0, 0.1) is 0 Å². The van der Waals surface area contributed by atoms with E-state index in [1.54, 1.807) is 0 Å². The van der Waals surface area contributed by atoms with E-state index in [1.165, 1.54) is 18.1 Å². The third-order valence-corrected chi connectivity index (χ3v) is 7.08. The molecule has 0 saturated carbocycles. The largest absolute Gasteiger partial charge is 0.481 e. The van der Waals surface area contributed by atoms with Crippen LogP contribution in [0.25, 0.3) is 0 Å². The molecule has 0 aliphatic heterocycles. The van der Waals surface area contributed by atoms with Crippen LogP contribution in [0.2, 0.25) is 0 Å². The molecular formula is C25H37N3O5S3. The van der Waals surface area contributed by atoms with E-state index in [-0.39, 0.29) is 11.5 Å². The lowest BCUT2D eigenvalue weighted by Gasteiger charge is -2.11. The first-order valence-corrected chi connectivity index (χ1v) is 14.7. The summed E-state index contributed by atoms with van der Waals surface area (Å²) in [6.45, 7) is 2.76. The molecule has 1 unspecified atom stereocenters. The monoisotopic (exact) mass is 555 g/mol. The SMILES string of the molecule is CC(=O)NC(CSCC(=O)O)C(=O)O.NCCSCc1ccccc1.NCCSCc1ccccc1. The van der Waals surface area contributed by atoms with Crippen LogP contribution in [0.1, 0.15) is 18.1 Å². The summed E-state index contributed by atoms with van der Waals surface area (Å²) in [4.78, 5) is 31.2. The van der Waals surface area contributed by atoms with Gasteiger partial charge in [0.05, 0.1) is 5.75 Å². The van der Waals surface area contributed by atoms with Gasteiger partial charge in [0.1, 0.15) is 6.04 Å². The number of carboxylic acid groups (broad SMARTS) is 2. The third kappa shape index (κ3) is 21.1. The first kappa shape index (κ1) is 33.8. The zero-order valence-corrected chi connectivity index (χ0v) is 23.0. The van der Waals surface area contributed by atoms with Crippen LogP contribution in [0.5, 0.6) is 0 Å². The summed E-state index contributed by atoms with van der Waals surface area (Å²) >= 11 is 4.71. The van der Waals surface area contributed by atoms with Gasteiger partial charge in [-0.3, -0.25) is 9.59 Å². The second-order valence-electron chi connectivity index (χ2n) is 7.15. The maximum absolute atomic E-state index is 10.6. The number of nitrogens with one attached hydrogen (secondary N) is 1. The van der Waals surface area contributed by atoms with Gasteiger partial charge in [-0.25, -0.2) is 4.79 Å². The van der Waals surface area contributed by atoms with Crippen molar-refractivity contribution in [3.05, 3.63) is 71.8 Å². The number of carbonyl (C=O) groups is 3. The van der Waals surface area contributed by atoms with Gasteiger partial charge in [-0.15, -0.1) is 11.8 Å². The lowest BCUT2D eigenvalue weighted by molar-refractivity contribution is -0.140. The summed E-state index contributed by atoms with van der Waals surface area (Å²) in [7, 11) is 0. The molecule has 36 heavy (non-hydrogen) atoms. The van der Waals surface area contributed by atoms with Gasteiger partial charge in [-0.1, -0.05) is 60.7 Å². The molecule has 200 valence electrons. The van der Waals surface area contributed by atoms with Crippen LogP contribution in [0.3, 0.4) is 0 Å². The number of thioether (sulfide) groups is 3. The number of carboxylic acids is 2. The predicted molar refractivity (Wildman–Crippen MR) is 154 cm³/mol. The molecule has 7 N–H and O–H groups in total. The number of amides is 1. The van der Waals surface area contributed by atoms with Gasteiger partial charge in [0.15, 0.2) is 0 Å².